The maximum atomic E-state index is 14.0. The zero-order valence-corrected chi connectivity index (χ0v) is 37.9. The number of carbonyl (C=O) groups excluding carboxylic acids is 5. The van der Waals surface area contributed by atoms with E-state index in [0.717, 1.165) is 71.4 Å². The molecule has 5 amide bonds. The molecular formula is C50H57N7O8S. The van der Waals surface area contributed by atoms with Crippen molar-refractivity contribution in [3.63, 3.8) is 0 Å². The molecule has 6 N–H and O–H groups in total. The van der Waals surface area contributed by atoms with Crippen molar-refractivity contribution in [2.24, 2.45) is 11.8 Å². The van der Waals surface area contributed by atoms with Crippen molar-refractivity contribution in [1.29, 1.82) is 0 Å². The van der Waals surface area contributed by atoms with Gasteiger partial charge in [0.1, 0.15) is 6.04 Å². The number of aryl methyl sites for hydroxylation is 1. The first-order valence-corrected chi connectivity index (χ1v) is 24.7. The summed E-state index contributed by atoms with van der Waals surface area (Å²) in [5, 5.41) is 26.0. The Morgan fingerprint density at radius 3 is 2.39 bits per heavy atom. The molecular weight excluding hydrogens is 859 g/mol. The first kappa shape index (κ1) is 45.2. The molecule has 4 atom stereocenters. The highest BCUT2D eigenvalue weighted by atomic mass is 32.2. The third-order valence-electron chi connectivity index (χ3n) is 14.1. The number of nitrogens with zero attached hydrogens (tertiary/aromatic N) is 2. The van der Waals surface area contributed by atoms with Crippen LogP contribution in [0.3, 0.4) is 0 Å². The average Bonchev–Trinajstić information content (AvgIpc) is 3.88. The van der Waals surface area contributed by atoms with E-state index < -0.39 is 45.7 Å². The van der Waals surface area contributed by atoms with Crippen LogP contribution in [0, 0.1) is 18.8 Å². The number of hydrogen-bond acceptors (Lipinski definition) is 11. The van der Waals surface area contributed by atoms with Crippen LogP contribution in [-0.4, -0.2) is 96.6 Å². The first-order chi connectivity index (χ1) is 31.9. The summed E-state index contributed by atoms with van der Waals surface area (Å²) < 4.78 is 29.7. The summed E-state index contributed by atoms with van der Waals surface area (Å²) in [6.45, 7) is 3.38. The Bertz CT molecular complexity index is 2650. The van der Waals surface area contributed by atoms with Gasteiger partial charge in [0.25, 0.3) is 11.8 Å². The molecule has 0 aromatic heterocycles. The molecule has 0 radical (unpaired) electrons. The molecule has 66 heavy (non-hydrogen) atoms. The zero-order valence-electron chi connectivity index (χ0n) is 37.1. The largest absolute Gasteiger partial charge is 0.394 e. The molecule has 16 heteroatoms. The lowest BCUT2D eigenvalue weighted by Crippen LogP contribution is -2.54. The number of fused-ring (bicyclic) bond motifs is 4. The number of imide groups is 2. The second-order valence-corrected chi connectivity index (χ2v) is 20.2. The average molecular weight is 916 g/mol. The number of sulfonamides is 1. The molecule has 4 heterocycles. The topological polar surface area (TPSA) is 206 Å². The van der Waals surface area contributed by atoms with E-state index in [4.69, 9.17) is 0 Å². The molecule has 5 aliphatic rings. The number of carbonyl (C=O) groups is 5. The van der Waals surface area contributed by atoms with Crippen LogP contribution in [0.4, 0.5) is 17.1 Å². The van der Waals surface area contributed by atoms with Crippen molar-refractivity contribution < 1.29 is 37.5 Å². The van der Waals surface area contributed by atoms with Gasteiger partial charge in [0.05, 0.1) is 34.7 Å². The monoisotopic (exact) mass is 915 g/mol. The van der Waals surface area contributed by atoms with E-state index in [2.05, 4.69) is 26.6 Å². The van der Waals surface area contributed by atoms with Crippen molar-refractivity contribution in [3.05, 3.63) is 107 Å². The van der Waals surface area contributed by atoms with Gasteiger partial charge in [-0.2, -0.15) is 4.31 Å². The third kappa shape index (κ3) is 9.11. The summed E-state index contributed by atoms with van der Waals surface area (Å²) in [5.74, 6) is -1.69. The minimum atomic E-state index is -3.80. The zero-order chi connectivity index (χ0) is 46.1. The van der Waals surface area contributed by atoms with Gasteiger partial charge in [-0.15, -0.1) is 0 Å². The summed E-state index contributed by atoms with van der Waals surface area (Å²) in [5.41, 5.74) is 6.21. The van der Waals surface area contributed by atoms with Crippen molar-refractivity contribution in [3.8, 4) is 11.1 Å². The van der Waals surface area contributed by atoms with E-state index in [-0.39, 0.29) is 53.3 Å². The van der Waals surface area contributed by atoms with Crippen LogP contribution in [0.5, 0.6) is 0 Å². The number of anilines is 3. The predicted octanol–water partition coefficient (Wildman–Crippen LogP) is 5.97. The minimum absolute atomic E-state index is 0.0377. The van der Waals surface area contributed by atoms with Gasteiger partial charge in [-0.05, 0) is 129 Å². The van der Waals surface area contributed by atoms with E-state index in [0.29, 0.717) is 55.8 Å². The number of piperidine rings is 1. The number of hydrogen-bond donors (Lipinski definition) is 6. The van der Waals surface area contributed by atoms with E-state index in [1.807, 2.05) is 61.5 Å². The summed E-state index contributed by atoms with van der Waals surface area (Å²) in [7, 11) is -3.80. The Labute approximate surface area is 385 Å². The maximum Gasteiger partial charge on any atom is 0.264 e. The molecule has 4 aromatic rings. The van der Waals surface area contributed by atoms with Gasteiger partial charge in [-0.3, -0.25) is 34.2 Å². The highest BCUT2D eigenvalue weighted by Crippen LogP contribution is 2.49. The van der Waals surface area contributed by atoms with Gasteiger partial charge >= 0.3 is 0 Å². The summed E-state index contributed by atoms with van der Waals surface area (Å²) in [6.07, 6.45) is 7.19. The highest BCUT2D eigenvalue weighted by molar-refractivity contribution is 7.89. The smallest absolute Gasteiger partial charge is 0.264 e. The Morgan fingerprint density at radius 2 is 1.62 bits per heavy atom. The second-order valence-electron chi connectivity index (χ2n) is 18.4. The van der Waals surface area contributed by atoms with E-state index in [9.17, 15) is 37.5 Å². The molecule has 1 aliphatic carbocycles. The minimum Gasteiger partial charge on any atom is -0.394 e. The standard InChI is InChI=1S/C50H57N7O8S/c1-30-11-18-36(19-12-30)66(64,65)56-26-23-37-42(29-58)54-40-20-15-33(28-39(40)47(37)56)32-6-3-7-35(27-32)53-44(59)10-2-5-31-13-16-34(17-14-31)51-24-25-52-41-9-4-8-38-46(41)50(63)57(49(38)62)43-21-22-45(60)55-48(43)61/h3-4,6-9,11-12,15,18-20,27-28,31,34,37,42-43,47,51-52,54,58H,2,5,10,13-14,16-17,21-26,29H2,1H3,(H,53,59)(H,55,60,61)/t31?,34?,37-,42+,43?,47-/m1/s1. The van der Waals surface area contributed by atoms with Crippen molar-refractivity contribution in [1.82, 2.24) is 19.8 Å². The lowest BCUT2D eigenvalue weighted by molar-refractivity contribution is -0.136. The number of benzene rings is 4. The molecule has 2 saturated heterocycles. The molecule has 0 bridgehead atoms. The number of nitrogens with one attached hydrogen (secondary N) is 5. The van der Waals surface area contributed by atoms with Crippen LogP contribution in [0.15, 0.2) is 89.8 Å². The number of aliphatic hydroxyl groups is 1. The van der Waals surface area contributed by atoms with Crippen LogP contribution in [0.2, 0.25) is 0 Å². The van der Waals surface area contributed by atoms with Crippen LogP contribution >= 0.6 is 0 Å². The van der Waals surface area contributed by atoms with Gasteiger partial charge < -0.3 is 26.4 Å². The molecule has 15 nitrogen and oxygen atoms in total. The maximum absolute atomic E-state index is 14.0. The van der Waals surface area contributed by atoms with E-state index in [1.54, 1.807) is 34.6 Å². The van der Waals surface area contributed by atoms with Crippen LogP contribution in [-0.2, 0) is 24.4 Å². The first-order valence-electron chi connectivity index (χ1n) is 23.2. The molecule has 3 fully saturated rings. The Morgan fingerprint density at radius 1 is 0.848 bits per heavy atom. The molecule has 9 rings (SSSR count). The Kier molecular flexibility index (Phi) is 13.1. The molecule has 346 valence electrons. The molecule has 4 aromatic carbocycles. The number of amides is 5. The van der Waals surface area contributed by atoms with Crippen LogP contribution < -0.4 is 26.6 Å². The summed E-state index contributed by atoms with van der Waals surface area (Å²) in [4.78, 5) is 65.1. The van der Waals surface area contributed by atoms with Gasteiger partial charge in [0, 0.05) is 61.5 Å². The lowest BCUT2D eigenvalue weighted by atomic mass is 9.82. The second kappa shape index (κ2) is 19.1. The van der Waals surface area contributed by atoms with Crippen molar-refractivity contribution >= 4 is 56.6 Å². The van der Waals surface area contributed by atoms with Gasteiger partial charge in [0.2, 0.25) is 27.7 Å². The Hall–Kier alpha value is -5.94. The van der Waals surface area contributed by atoms with Gasteiger partial charge in [-0.1, -0.05) is 42.0 Å². The Balaban J connectivity index is 0.731. The highest BCUT2D eigenvalue weighted by Gasteiger charge is 2.49. The summed E-state index contributed by atoms with van der Waals surface area (Å²) >= 11 is 0. The van der Waals surface area contributed by atoms with E-state index in [1.165, 1.54) is 0 Å². The summed E-state index contributed by atoms with van der Waals surface area (Å²) in [6, 6.07) is 24.4. The fourth-order valence-electron chi connectivity index (χ4n) is 10.7. The van der Waals surface area contributed by atoms with Crippen molar-refractivity contribution in [2.45, 2.75) is 100 Å². The van der Waals surface area contributed by atoms with Crippen molar-refractivity contribution in [2.75, 3.05) is 42.2 Å². The third-order valence-corrected chi connectivity index (χ3v) is 16.0. The molecule has 4 aliphatic heterocycles. The number of rotatable bonds is 15. The predicted molar refractivity (Wildman–Crippen MR) is 250 cm³/mol. The van der Waals surface area contributed by atoms with Gasteiger partial charge in [0.15, 0.2) is 0 Å². The fraction of sp³-hybridized carbons (Fsp3) is 0.420. The van der Waals surface area contributed by atoms with Gasteiger partial charge in [-0.25, -0.2) is 8.42 Å². The quantitative estimate of drug-likeness (QED) is 0.0605. The number of aliphatic hydroxyl groups excluding tert-OH is 1. The lowest BCUT2D eigenvalue weighted by Gasteiger charge is -2.39. The molecule has 1 saturated carbocycles. The fourth-order valence-corrected chi connectivity index (χ4v) is 12.3. The van der Waals surface area contributed by atoms with Crippen LogP contribution in [0.25, 0.3) is 11.1 Å². The SMILES string of the molecule is Cc1ccc(S(=O)(=O)N2CC[C@@H]3[C@H](CO)Nc4ccc(-c5cccc(NC(=O)CCCC6CCC(NCCNc7cccc8c7C(=O)N(C7CCC(=O)NC7=O)C8=O)CC6)c5)cc4[C@@H]32)cc1. The van der Waals surface area contributed by atoms with Crippen LogP contribution in [0.1, 0.15) is 102 Å². The van der Waals surface area contributed by atoms with E-state index >= 15 is 0 Å². The molecule has 0 spiro atoms. The molecule has 1 unspecified atom stereocenters. The normalized spacial score (nSPS) is 24.0.